The van der Waals surface area contributed by atoms with Crippen LogP contribution in [0, 0.1) is 12.8 Å². The summed E-state index contributed by atoms with van der Waals surface area (Å²) in [5, 5.41) is 0. The van der Waals surface area contributed by atoms with Crippen molar-refractivity contribution in [3.8, 4) is 0 Å². The van der Waals surface area contributed by atoms with Gasteiger partial charge in [0.2, 0.25) is 0 Å². The minimum Gasteiger partial charge on any atom is -0.356 e. The molecule has 2 rings (SSSR count). The van der Waals surface area contributed by atoms with Crippen molar-refractivity contribution in [2.75, 3.05) is 18.0 Å². The number of aldehydes is 1. The standard InChI is InChI=1S/C13H18N2O/c1-10-4-3-5-15(8-10)13-11(2)6-12(9-16)7-14-13/h6-7,9-10H,3-5,8H2,1-2H3. The lowest BCUT2D eigenvalue weighted by molar-refractivity contribution is 0.112. The third-order valence-electron chi connectivity index (χ3n) is 3.16. The Morgan fingerprint density at radius 2 is 2.38 bits per heavy atom. The van der Waals surface area contributed by atoms with Gasteiger partial charge in [0.1, 0.15) is 5.82 Å². The molecule has 86 valence electrons. The lowest BCUT2D eigenvalue weighted by Gasteiger charge is -2.32. The van der Waals surface area contributed by atoms with E-state index in [1.807, 2.05) is 13.0 Å². The van der Waals surface area contributed by atoms with Crippen LogP contribution in [0.25, 0.3) is 0 Å². The van der Waals surface area contributed by atoms with Gasteiger partial charge in [0.15, 0.2) is 6.29 Å². The molecule has 1 aromatic heterocycles. The topological polar surface area (TPSA) is 33.2 Å². The van der Waals surface area contributed by atoms with Gasteiger partial charge in [-0.3, -0.25) is 4.79 Å². The van der Waals surface area contributed by atoms with Crippen LogP contribution in [-0.2, 0) is 0 Å². The van der Waals surface area contributed by atoms with E-state index < -0.39 is 0 Å². The van der Waals surface area contributed by atoms with E-state index in [1.54, 1.807) is 6.20 Å². The van der Waals surface area contributed by atoms with Gasteiger partial charge in [-0.25, -0.2) is 4.98 Å². The first kappa shape index (κ1) is 11.1. The maximum atomic E-state index is 10.6. The lowest BCUT2D eigenvalue weighted by Crippen LogP contribution is -2.35. The van der Waals surface area contributed by atoms with Gasteiger partial charge in [-0.05, 0) is 37.3 Å². The number of hydrogen-bond acceptors (Lipinski definition) is 3. The zero-order chi connectivity index (χ0) is 11.5. The fraction of sp³-hybridized carbons (Fsp3) is 0.538. The van der Waals surface area contributed by atoms with Gasteiger partial charge >= 0.3 is 0 Å². The molecule has 2 heterocycles. The highest BCUT2D eigenvalue weighted by atomic mass is 16.1. The van der Waals surface area contributed by atoms with E-state index >= 15 is 0 Å². The molecule has 0 amide bonds. The van der Waals surface area contributed by atoms with Crippen LogP contribution in [0.4, 0.5) is 5.82 Å². The number of carbonyl (C=O) groups is 1. The smallest absolute Gasteiger partial charge is 0.151 e. The average Bonchev–Trinajstić information content (AvgIpc) is 2.28. The quantitative estimate of drug-likeness (QED) is 0.715. The van der Waals surface area contributed by atoms with Crippen LogP contribution in [0.1, 0.15) is 35.7 Å². The van der Waals surface area contributed by atoms with Crippen LogP contribution in [0.5, 0.6) is 0 Å². The number of pyridine rings is 1. The number of carbonyl (C=O) groups excluding carboxylic acids is 1. The summed E-state index contributed by atoms with van der Waals surface area (Å²) in [5.41, 5.74) is 1.75. The van der Waals surface area contributed by atoms with E-state index in [9.17, 15) is 4.79 Å². The summed E-state index contributed by atoms with van der Waals surface area (Å²) in [6, 6.07) is 1.91. The van der Waals surface area contributed by atoms with Gasteiger partial charge in [0, 0.05) is 24.8 Å². The third kappa shape index (κ3) is 2.23. The highest BCUT2D eigenvalue weighted by Crippen LogP contribution is 2.24. The van der Waals surface area contributed by atoms with Crippen molar-refractivity contribution in [2.24, 2.45) is 5.92 Å². The normalized spacial score (nSPS) is 20.9. The van der Waals surface area contributed by atoms with Crippen LogP contribution < -0.4 is 4.90 Å². The maximum absolute atomic E-state index is 10.6. The first-order chi connectivity index (χ1) is 7.70. The molecular formula is C13H18N2O. The Labute approximate surface area is 96.5 Å². The van der Waals surface area contributed by atoms with E-state index in [1.165, 1.54) is 12.8 Å². The number of aromatic nitrogens is 1. The molecule has 0 radical (unpaired) electrons. The monoisotopic (exact) mass is 218 g/mol. The van der Waals surface area contributed by atoms with Crippen molar-refractivity contribution in [3.05, 3.63) is 23.4 Å². The van der Waals surface area contributed by atoms with Gasteiger partial charge in [0.05, 0.1) is 0 Å². The van der Waals surface area contributed by atoms with E-state index in [-0.39, 0.29) is 0 Å². The minimum absolute atomic E-state index is 0.659. The first-order valence-electron chi connectivity index (χ1n) is 5.87. The van der Waals surface area contributed by atoms with Gasteiger partial charge in [-0.1, -0.05) is 6.92 Å². The third-order valence-corrected chi connectivity index (χ3v) is 3.16. The summed E-state index contributed by atoms with van der Waals surface area (Å²) in [6.45, 7) is 6.46. The van der Waals surface area contributed by atoms with Crippen LogP contribution in [0.2, 0.25) is 0 Å². The lowest BCUT2D eigenvalue weighted by atomic mass is 10.00. The van der Waals surface area contributed by atoms with Gasteiger partial charge in [-0.2, -0.15) is 0 Å². The number of anilines is 1. The van der Waals surface area contributed by atoms with Crippen molar-refractivity contribution < 1.29 is 4.79 Å². The summed E-state index contributed by atoms with van der Waals surface area (Å²) < 4.78 is 0. The predicted molar refractivity (Wildman–Crippen MR) is 65.0 cm³/mol. The zero-order valence-electron chi connectivity index (χ0n) is 9.94. The summed E-state index contributed by atoms with van der Waals surface area (Å²) in [6.07, 6.45) is 5.05. The molecule has 1 aromatic rings. The molecule has 16 heavy (non-hydrogen) atoms. The Morgan fingerprint density at radius 1 is 1.56 bits per heavy atom. The number of nitrogens with zero attached hydrogens (tertiary/aromatic N) is 2. The number of piperidine rings is 1. The van der Waals surface area contributed by atoms with Crippen LogP contribution in [0.15, 0.2) is 12.3 Å². The molecule has 0 aromatic carbocycles. The first-order valence-corrected chi connectivity index (χ1v) is 5.87. The molecule has 1 fully saturated rings. The fourth-order valence-corrected chi connectivity index (χ4v) is 2.37. The van der Waals surface area contributed by atoms with Gasteiger partial charge < -0.3 is 4.90 Å². The second-order valence-corrected chi connectivity index (χ2v) is 4.72. The summed E-state index contributed by atoms with van der Waals surface area (Å²) >= 11 is 0. The van der Waals surface area contributed by atoms with Crippen molar-refractivity contribution in [3.63, 3.8) is 0 Å². The van der Waals surface area contributed by atoms with E-state index in [4.69, 9.17) is 0 Å². The number of aryl methyl sites for hydroxylation is 1. The molecule has 1 unspecified atom stereocenters. The van der Waals surface area contributed by atoms with E-state index in [0.717, 1.165) is 36.7 Å². The highest BCUT2D eigenvalue weighted by molar-refractivity contribution is 5.75. The van der Waals surface area contributed by atoms with Crippen LogP contribution >= 0.6 is 0 Å². The van der Waals surface area contributed by atoms with Gasteiger partial charge in [0.25, 0.3) is 0 Å². The number of hydrogen-bond donors (Lipinski definition) is 0. The molecule has 1 aliphatic heterocycles. The Morgan fingerprint density at radius 3 is 3.00 bits per heavy atom. The molecule has 1 saturated heterocycles. The van der Waals surface area contributed by atoms with E-state index in [2.05, 4.69) is 16.8 Å². The second-order valence-electron chi connectivity index (χ2n) is 4.72. The van der Waals surface area contributed by atoms with Crippen LogP contribution in [0.3, 0.4) is 0 Å². The van der Waals surface area contributed by atoms with Gasteiger partial charge in [-0.15, -0.1) is 0 Å². The molecule has 0 bridgehead atoms. The molecule has 0 spiro atoms. The van der Waals surface area contributed by atoms with Crippen molar-refractivity contribution in [1.29, 1.82) is 0 Å². The molecular weight excluding hydrogens is 200 g/mol. The molecule has 3 heteroatoms. The average molecular weight is 218 g/mol. The van der Waals surface area contributed by atoms with E-state index in [0.29, 0.717) is 5.56 Å². The van der Waals surface area contributed by atoms with Crippen LogP contribution in [-0.4, -0.2) is 24.4 Å². The summed E-state index contributed by atoms with van der Waals surface area (Å²) in [7, 11) is 0. The SMILES string of the molecule is Cc1cc(C=O)cnc1N1CCCC(C)C1. The fourth-order valence-electron chi connectivity index (χ4n) is 2.37. The minimum atomic E-state index is 0.659. The molecule has 1 atom stereocenters. The zero-order valence-corrected chi connectivity index (χ0v) is 9.94. The molecule has 0 aliphatic carbocycles. The Bertz CT molecular complexity index is 390. The number of rotatable bonds is 2. The molecule has 0 N–H and O–H groups in total. The summed E-state index contributed by atoms with van der Waals surface area (Å²) in [5.74, 6) is 1.78. The molecule has 1 aliphatic rings. The molecule has 0 saturated carbocycles. The van der Waals surface area contributed by atoms with Crippen molar-refractivity contribution in [2.45, 2.75) is 26.7 Å². The molecule has 3 nitrogen and oxygen atoms in total. The Hall–Kier alpha value is -1.38. The maximum Gasteiger partial charge on any atom is 0.151 e. The highest BCUT2D eigenvalue weighted by Gasteiger charge is 2.18. The Kier molecular flexibility index (Phi) is 3.22. The second kappa shape index (κ2) is 4.64. The largest absolute Gasteiger partial charge is 0.356 e. The van der Waals surface area contributed by atoms with Crippen molar-refractivity contribution in [1.82, 2.24) is 4.98 Å². The van der Waals surface area contributed by atoms with Crippen molar-refractivity contribution >= 4 is 12.1 Å². The predicted octanol–water partition coefficient (Wildman–Crippen LogP) is 2.44. The Balaban J connectivity index is 2.22. The summed E-state index contributed by atoms with van der Waals surface area (Å²) in [4.78, 5) is 17.4.